The minimum atomic E-state index is -0.502. The average Bonchev–Trinajstić information content (AvgIpc) is 3.04. The minimum Gasteiger partial charge on any atom is -0.378 e. The van der Waals surface area contributed by atoms with Gasteiger partial charge in [0.2, 0.25) is 0 Å². The lowest BCUT2D eigenvalue weighted by Crippen LogP contribution is -3.27. The molecule has 31 heavy (non-hydrogen) atoms. The lowest BCUT2D eigenvalue weighted by molar-refractivity contribution is -1.02. The summed E-state index contributed by atoms with van der Waals surface area (Å²) in [6, 6.07) is 8.87. The molecule has 0 unspecified atom stereocenters. The van der Waals surface area contributed by atoms with Crippen molar-refractivity contribution < 1.29 is 19.4 Å². The van der Waals surface area contributed by atoms with Gasteiger partial charge in [0.25, 0.3) is 0 Å². The van der Waals surface area contributed by atoms with Crippen molar-refractivity contribution in [2.45, 2.75) is 50.6 Å². The van der Waals surface area contributed by atoms with E-state index in [4.69, 9.17) is 0 Å². The third-order valence-corrected chi connectivity index (χ3v) is 6.91. The number of hydrogen-bond donors (Lipinski definition) is 4. The van der Waals surface area contributed by atoms with E-state index >= 15 is 0 Å². The monoisotopic (exact) mass is 431 g/mol. The summed E-state index contributed by atoms with van der Waals surface area (Å²) in [4.78, 5) is 30.2. The molecule has 1 atom stereocenters. The number of carbonyl (C=O) groups is 2. The van der Waals surface area contributed by atoms with Crippen LogP contribution in [0.2, 0.25) is 0 Å². The van der Waals surface area contributed by atoms with E-state index in [1.165, 1.54) is 23.3 Å². The number of benzene rings is 1. The molecule has 1 aromatic carbocycles. The van der Waals surface area contributed by atoms with Crippen LogP contribution in [0.15, 0.2) is 24.3 Å². The molecule has 2 fully saturated rings. The number of piperazine rings is 1. The van der Waals surface area contributed by atoms with E-state index in [-0.39, 0.29) is 12.1 Å². The summed E-state index contributed by atoms with van der Waals surface area (Å²) < 4.78 is 0. The topological polar surface area (TPSA) is 70.3 Å². The Morgan fingerprint density at radius 1 is 0.968 bits per heavy atom. The lowest BCUT2D eigenvalue weighted by atomic mass is 10.0. The van der Waals surface area contributed by atoms with E-state index in [0.29, 0.717) is 6.54 Å². The Morgan fingerprint density at radius 3 is 2.16 bits per heavy atom. The second kappa shape index (κ2) is 11.5. The van der Waals surface area contributed by atoms with Crippen molar-refractivity contribution in [2.75, 3.05) is 58.8 Å². The molecule has 7 heteroatoms. The van der Waals surface area contributed by atoms with Gasteiger partial charge in [-0.25, -0.2) is 0 Å². The Kier molecular flexibility index (Phi) is 8.72. The molecule has 1 heterocycles. The summed E-state index contributed by atoms with van der Waals surface area (Å²) in [6.45, 7) is 4.86. The highest BCUT2D eigenvalue weighted by atomic mass is 16.2. The van der Waals surface area contributed by atoms with Gasteiger partial charge in [-0.2, -0.15) is 0 Å². The minimum absolute atomic E-state index is 0.140. The zero-order chi connectivity index (χ0) is 22.2. The highest BCUT2D eigenvalue weighted by molar-refractivity contribution is 6.35. The van der Waals surface area contributed by atoms with Crippen LogP contribution in [0.1, 0.15) is 50.1 Å². The van der Waals surface area contributed by atoms with Crippen molar-refractivity contribution in [3.05, 3.63) is 29.8 Å². The standard InChI is InChI=1S/C24H39N5O2/c1-27(2)21-12-10-19(11-13-21)22(29-16-14-28(3)15-17-29)18-25-23(30)24(31)26-20-8-6-4-5-7-9-20/h10-13,20,22H,4-9,14-18H2,1-3H3,(H,25,30)(H,26,31)/p+2/t22-/m0/s1. The van der Waals surface area contributed by atoms with Crippen molar-refractivity contribution in [1.82, 2.24) is 10.6 Å². The maximum Gasteiger partial charge on any atom is 0.309 e. The number of nitrogens with one attached hydrogen (secondary N) is 4. The number of quaternary nitrogens is 2. The summed E-state index contributed by atoms with van der Waals surface area (Å²) in [5, 5.41) is 5.90. The van der Waals surface area contributed by atoms with Crippen LogP contribution in [-0.2, 0) is 9.59 Å². The fourth-order valence-corrected chi connectivity index (χ4v) is 4.80. The molecule has 2 aliphatic rings. The van der Waals surface area contributed by atoms with Crippen LogP contribution in [0.3, 0.4) is 0 Å². The largest absolute Gasteiger partial charge is 0.378 e. The molecule has 0 bridgehead atoms. The first-order valence-corrected chi connectivity index (χ1v) is 12.0. The van der Waals surface area contributed by atoms with E-state index in [9.17, 15) is 9.59 Å². The van der Waals surface area contributed by atoms with Gasteiger partial charge < -0.3 is 25.3 Å². The molecule has 7 nitrogen and oxygen atoms in total. The van der Waals surface area contributed by atoms with Crippen LogP contribution in [0, 0.1) is 0 Å². The quantitative estimate of drug-likeness (QED) is 0.351. The van der Waals surface area contributed by atoms with Gasteiger partial charge in [0.1, 0.15) is 32.2 Å². The van der Waals surface area contributed by atoms with Crippen molar-refractivity contribution in [1.29, 1.82) is 0 Å². The number of anilines is 1. The second-order valence-corrected chi connectivity index (χ2v) is 9.53. The highest BCUT2D eigenvalue weighted by Crippen LogP contribution is 2.18. The lowest BCUT2D eigenvalue weighted by Gasteiger charge is -2.33. The van der Waals surface area contributed by atoms with Crippen LogP contribution in [0.5, 0.6) is 0 Å². The maximum absolute atomic E-state index is 12.6. The van der Waals surface area contributed by atoms with Gasteiger partial charge in [-0.15, -0.1) is 0 Å². The van der Waals surface area contributed by atoms with Gasteiger partial charge in [-0.3, -0.25) is 9.59 Å². The van der Waals surface area contributed by atoms with E-state index in [1.807, 2.05) is 14.1 Å². The number of likely N-dealkylation sites (N-methyl/N-ethyl adjacent to an activating group) is 1. The first-order valence-electron chi connectivity index (χ1n) is 12.0. The molecule has 3 rings (SSSR count). The van der Waals surface area contributed by atoms with Crippen molar-refractivity contribution in [3.63, 3.8) is 0 Å². The van der Waals surface area contributed by atoms with Crippen LogP contribution in [0.4, 0.5) is 5.69 Å². The smallest absolute Gasteiger partial charge is 0.309 e. The Balaban J connectivity index is 1.62. The third-order valence-electron chi connectivity index (χ3n) is 6.91. The molecule has 172 valence electrons. The number of rotatable bonds is 6. The Bertz CT molecular complexity index is 705. The summed E-state index contributed by atoms with van der Waals surface area (Å²) in [5.74, 6) is -0.982. The summed E-state index contributed by atoms with van der Waals surface area (Å²) in [7, 11) is 6.31. The van der Waals surface area contributed by atoms with Crippen LogP contribution in [0.25, 0.3) is 0 Å². The normalized spacial score (nSPS) is 23.5. The van der Waals surface area contributed by atoms with Gasteiger partial charge in [0.05, 0.1) is 13.6 Å². The molecule has 0 aromatic heterocycles. The summed E-state index contributed by atoms with van der Waals surface area (Å²) in [6.07, 6.45) is 6.67. The fourth-order valence-electron chi connectivity index (χ4n) is 4.80. The maximum atomic E-state index is 12.6. The number of carbonyl (C=O) groups excluding carboxylic acids is 2. The molecular formula is C24H41N5O2+2. The van der Waals surface area contributed by atoms with E-state index in [2.05, 4.69) is 46.8 Å². The van der Waals surface area contributed by atoms with Crippen molar-refractivity contribution in [2.24, 2.45) is 0 Å². The molecular weight excluding hydrogens is 390 g/mol. The van der Waals surface area contributed by atoms with Crippen LogP contribution < -0.4 is 25.3 Å². The first kappa shape index (κ1) is 23.5. The molecule has 1 saturated carbocycles. The van der Waals surface area contributed by atoms with Gasteiger partial charge in [0.15, 0.2) is 0 Å². The number of amides is 2. The zero-order valence-corrected chi connectivity index (χ0v) is 19.5. The molecule has 2 amide bonds. The molecule has 1 aliphatic heterocycles. The zero-order valence-electron chi connectivity index (χ0n) is 19.5. The predicted octanol–water partition coefficient (Wildman–Crippen LogP) is -0.838. The van der Waals surface area contributed by atoms with Gasteiger partial charge in [-0.1, -0.05) is 37.8 Å². The van der Waals surface area contributed by atoms with Gasteiger partial charge in [-0.05, 0) is 25.0 Å². The molecule has 1 aromatic rings. The first-order chi connectivity index (χ1) is 14.9. The molecule has 4 N–H and O–H groups in total. The molecule has 1 aliphatic carbocycles. The molecule has 0 spiro atoms. The van der Waals surface area contributed by atoms with Crippen LogP contribution >= 0.6 is 0 Å². The third kappa shape index (κ3) is 6.94. The Labute approximate surface area is 187 Å². The van der Waals surface area contributed by atoms with Crippen LogP contribution in [-0.4, -0.2) is 71.7 Å². The van der Waals surface area contributed by atoms with E-state index < -0.39 is 11.8 Å². The SMILES string of the molecule is CN(C)c1ccc([C@H](CNC(=O)C(=O)NC2CCCCCC2)[NH+]2CC[NH+](C)CC2)cc1. The van der Waals surface area contributed by atoms with Crippen molar-refractivity contribution in [3.8, 4) is 0 Å². The average molecular weight is 432 g/mol. The predicted molar refractivity (Wildman–Crippen MR) is 123 cm³/mol. The molecule has 0 radical (unpaired) electrons. The molecule has 1 saturated heterocycles. The van der Waals surface area contributed by atoms with E-state index in [0.717, 1.165) is 57.5 Å². The number of hydrogen-bond acceptors (Lipinski definition) is 3. The summed E-state index contributed by atoms with van der Waals surface area (Å²) >= 11 is 0. The van der Waals surface area contributed by atoms with E-state index in [1.54, 1.807) is 4.90 Å². The second-order valence-electron chi connectivity index (χ2n) is 9.53. The van der Waals surface area contributed by atoms with Gasteiger partial charge in [0, 0.05) is 31.4 Å². The number of nitrogens with zero attached hydrogens (tertiary/aromatic N) is 1. The highest BCUT2D eigenvalue weighted by Gasteiger charge is 2.30. The van der Waals surface area contributed by atoms with Crippen molar-refractivity contribution >= 4 is 17.5 Å². The Morgan fingerprint density at radius 2 is 1.58 bits per heavy atom. The fraction of sp³-hybridized carbons (Fsp3) is 0.667. The Hall–Kier alpha value is -2.12. The van der Waals surface area contributed by atoms with Gasteiger partial charge >= 0.3 is 11.8 Å². The summed E-state index contributed by atoms with van der Waals surface area (Å²) in [5.41, 5.74) is 2.37.